The van der Waals surface area contributed by atoms with Gasteiger partial charge in [-0.2, -0.15) is 0 Å². The number of ether oxygens (including phenoxy) is 1. The number of nitrogens with zero attached hydrogens (tertiary/aromatic N) is 1. The summed E-state index contributed by atoms with van der Waals surface area (Å²) in [5.41, 5.74) is 1.11. The summed E-state index contributed by atoms with van der Waals surface area (Å²) in [6.45, 7) is 3.64. The van der Waals surface area contributed by atoms with Crippen molar-refractivity contribution in [3.8, 4) is 5.75 Å². The van der Waals surface area contributed by atoms with Gasteiger partial charge in [-0.3, -0.25) is 0 Å². The predicted octanol–water partition coefficient (Wildman–Crippen LogP) is 2.02. The lowest BCUT2D eigenvalue weighted by Gasteiger charge is -2.13. The van der Waals surface area contributed by atoms with E-state index in [1.165, 1.54) is 0 Å². The number of aliphatic hydroxyl groups is 1. The van der Waals surface area contributed by atoms with Gasteiger partial charge in [-0.1, -0.05) is 18.2 Å². The van der Waals surface area contributed by atoms with Crippen LogP contribution >= 0.6 is 11.3 Å². The number of aromatic nitrogens is 1. The van der Waals surface area contributed by atoms with Crippen LogP contribution in [-0.2, 0) is 6.42 Å². The van der Waals surface area contributed by atoms with Gasteiger partial charge in [-0.05, 0) is 19.1 Å². The standard InChI is InChI=1S/C15H20N2O2S/c1-12-17-13(11-20-12)7-8-16-9-14(18)10-19-15-5-3-2-4-6-15/h2-6,11,14,16,18H,7-10H2,1H3. The van der Waals surface area contributed by atoms with Crippen LogP contribution in [0, 0.1) is 6.92 Å². The van der Waals surface area contributed by atoms with Crippen molar-refractivity contribution in [2.24, 2.45) is 0 Å². The average molecular weight is 292 g/mol. The maximum absolute atomic E-state index is 9.81. The van der Waals surface area contributed by atoms with Gasteiger partial charge in [0.15, 0.2) is 0 Å². The molecule has 1 heterocycles. The van der Waals surface area contributed by atoms with E-state index in [2.05, 4.69) is 15.7 Å². The fourth-order valence-electron chi connectivity index (χ4n) is 1.78. The minimum atomic E-state index is -0.507. The van der Waals surface area contributed by atoms with Gasteiger partial charge in [0.05, 0.1) is 10.7 Å². The first-order valence-electron chi connectivity index (χ1n) is 6.71. The van der Waals surface area contributed by atoms with Crippen molar-refractivity contribution in [2.75, 3.05) is 19.7 Å². The SMILES string of the molecule is Cc1nc(CCNCC(O)COc2ccccc2)cs1. The summed E-state index contributed by atoms with van der Waals surface area (Å²) >= 11 is 1.67. The zero-order valence-electron chi connectivity index (χ0n) is 11.6. The van der Waals surface area contributed by atoms with E-state index in [1.54, 1.807) is 11.3 Å². The molecule has 2 rings (SSSR count). The van der Waals surface area contributed by atoms with Crippen LogP contribution in [0.15, 0.2) is 35.7 Å². The number of nitrogens with one attached hydrogen (secondary N) is 1. The van der Waals surface area contributed by atoms with Crippen molar-refractivity contribution in [3.63, 3.8) is 0 Å². The summed E-state index contributed by atoms with van der Waals surface area (Å²) in [4.78, 5) is 4.39. The smallest absolute Gasteiger partial charge is 0.119 e. The van der Waals surface area contributed by atoms with Crippen LogP contribution in [0.4, 0.5) is 0 Å². The van der Waals surface area contributed by atoms with E-state index in [9.17, 15) is 5.11 Å². The third-order valence-electron chi connectivity index (χ3n) is 2.79. The molecule has 0 aliphatic rings. The molecule has 0 saturated carbocycles. The molecular formula is C15H20N2O2S. The molecule has 0 amide bonds. The molecule has 1 aromatic heterocycles. The normalized spacial score (nSPS) is 12.3. The van der Waals surface area contributed by atoms with Gasteiger partial charge in [0.25, 0.3) is 0 Å². The van der Waals surface area contributed by atoms with Crippen LogP contribution in [0.1, 0.15) is 10.7 Å². The molecular weight excluding hydrogens is 272 g/mol. The van der Waals surface area contributed by atoms with Crippen LogP contribution in [-0.4, -0.2) is 35.9 Å². The van der Waals surface area contributed by atoms with Gasteiger partial charge >= 0.3 is 0 Å². The molecule has 0 radical (unpaired) electrons. The molecule has 4 nitrogen and oxygen atoms in total. The number of aliphatic hydroxyl groups excluding tert-OH is 1. The van der Waals surface area contributed by atoms with Gasteiger partial charge in [0.2, 0.25) is 0 Å². The molecule has 108 valence electrons. The highest BCUT2D eigenvalue weighted by Gasteiger charge is 2.05. The summed E-state index contributed by atoms with van der Waals surface area (Å²) in [7, 11) is 0. The lowest BCUT2D eigenvalue weighted by Crippen LogP contribution is -2.32. The van der Waals surface area contributed by atoms with E-state index < -0.39 is 6.10 Å². The van der Waals surface area contributed by atoms with Crippen molar-refractivity contribution in [1.82, 2.24) is 10.3 Å². The molecule has 0 spiro atoms. The number of hydrogen-bond donors (Lipinski definition) is 2. The second kappa shape index (κ2) is 7.99. The third kappa shape index (κ3) is 5.28. The summed E-state index contributed by atoms with van der Waals surface area (Å²) in [5.74, 6) is 0.782. The van der Waals surface area contributed by atoms with E-state index in [0.29, 0.717) is 13.2 Å². The van der Waals surface area contributed by atoms with Crippen molar-refractivity contribution in [1.29, 1.82) is 0 Å². The van der Waals surface area contributed by atoms with Crippen LogP contribution < -0.4 is 10.1 Å². The molecule has 1 atom stereocenters. The fourth-order valence-corrected chi connectivity index (χ4v) is 2.42. The summed E-state index contributed by atoms with van der Waals surface area (Å²) in [6, 6.07) is 9.52. The lowest BCUT2D eigenvalue weighted by molar-refractivity contribution is 0.106. The summed E-state index contributed by atoms with van der Waals surface area (Å²) < 4.78 is 5.49. The molecule has 2 N–H and O–H groups in total. The van der Waals surface area contributed by atoms with Crippen molar-refractivity contribution in [2.45, 2.75) is 19.4 Å². The van der Waals surface area contributed by atoms with Gasteiger partial charge in [-0.25, -0.2) is 4.98 Å². The average Bonchev–Trinajstić information content (AvgIpc) is 2.88. The van der Waals surface area contributed by atoms with Crippen molar-refractivity contribution in [3.05, 3.63) is 46.4 Å². The fraction of sp³-hybridized carbons (Fsp3) is 0.400. The Labute approximate surface area is 123 Å². The Bertz CT molecular complexity index is 502. The lowest BCUT2D eigenvalue weighted by atomic mass is 10.3. The molecule has 0 saturated heterocycles. The molecule has 1 unspecified atom stereocenters. The number of benzene rings is 1. The largest absolute Gasteiger partial charge is 0.491 e. The molecule has 20 heavy (non-hydrogen) atoms. The molecule has 0 bridgehead atoms. The molecule has 5 heteroatoms. The first-order chi connectivity index (χ1) is 9.74. The Morgan fingerprint density at radius 2 is 2.15 bits per heavy atom. The third-order valence-corrected chi connectivity index (χ3v) is 3.61. The van der Waals surface area contributed by atoms with E-state index in [4.69, 9.17) is 4.74 Å². The maximum Gasteiger partial charge on any atom is 0.119 e. The van der Waals surface area contributed by atoms with Gasteiger partial charge < -0.3 is 15.2 Å². The number of thiazole rings is 1. The van der Waals surface area contributed by atoms with E-state index in [-0.39, 0.29) is 0 Å². The molecule has 1 aromatic carbocycles. The van der Waals surface area contributed by atoms with Crippen LogP contribution in [0.3, 0.4) is 0 Å². The quantitative estimate of drug-likeness (QED) is 0.731. The zero-order chi connectivity index (χ0) is 14.2. The highest BCUT2D eigenvalue weighted by molar-refractivity contribution is 7.09. The van der Waals surface area contributed by atoms with E-state index in [1.807, 2.05) is 37.3 Å². The number of rotatable bonds is 8. The van der Waals surface area contributed by atoms with E-state index >= 15 is 0 Å². The van der Waals surface area contributed by atoms with E-state index in [0.717, 1.165) is 29.4 Å². The molecule has 0 aliphatic heterocycles. The number of aryl methyl sites for hydroxylation is 1. The Hall–Kier alpha value is -1.43. The number of hydrogen-bond acceptors (Lipinski definition) is 5. The minimum Gasteiger partial charge on any atom is -0.491 e. The van der Waals surface area contributed by atoms with Crippen LogP contribution in [0.5, 0.6) is 5.75 Å². The second-order valence-electron chi connectivity index (χ2n) is 4.59. The van der Waals surface area contributed by atoms with Crippen molar-refractivity contribution < 1.29 is 9.84 Å². The topological polar surface area (TPSA) is 54.4 Å². The van der Waals surface area contributed by atoms with Gasteiger partial charge in [0.1, 0.15) is 18.5 Å². The number of para-hydroxylation sites is 1. The maximum atomic E-state index is 9.81. The first kappa shape index (κ1) is 15.0. The predicted molar refractivity (Wildman–Crippen MR) is 81.4 cm³/mol. The second-order valence-corrected chi connectivity index (χ2v) is 5.65. The van der Waals surface area contributed by atoms with Gasteiger partial charge in [0, 0.05) is 24.9 Å². The first-order valence-corrected chi connectivity index (χ1v) is 7.59. The summed E-state index contributed by atoms with van der Waals surface area (Å²) in [6.07, 6.45) is 0.378. The summed E-state index contributed by atoms with van der Waals surface area (Å²) in [5, 5.41) is 16.2. The molecule has 2 aromatic rings. The highest BCUT2D eigenvalue weighted by Crippen LogP contribution is 2.09. The highest BCUT2D eigenvalue weighted by atomic mass is 32.1. The Kier molecular flexibility index (Phi) is 5.98. The Morgan fingerprint density at radius 1 is 1.35 bits per heavy atom. The van der Waals surface area contributed by atoms with Crippen LogP contribution in [0.2, 0.25) is 0 Å². The monoisotopic (exact) mass is 292 g/mol. The zero-order valence-corrected chi connectivity index (χ0v) is 12.4. The van der Waals surface area contributed by atoms with Gasteiger partial charge in [-0.15, -0.1) is 11.3 Å². The Balaban J connectivity index is 1.57. The molecule has 0 fully saturated rings. The Morgan fingerprint density at radius 3 is 2.85 bits per heavy atom. The van der Waals surface area contributed by atoms with Crippen LogP contribution in [0.25, 0.3) is 0 Å². The minimum absolute atomic E-state index is 0.298. The van der Waals surface area contributed by atoms with Crippen molar-refractivity contribution >= 4 is 11.3 Å². The molecule has 0 aliphatic carbocycles.